The van der Waals surface area contributed by atoms with Crippen molar-refractivity contribution in [1.29, 1.82) is 0 Å². The highest BCUT2D eigenvalue weighted by Gasteiger charge is 2.41. The normalized spacial score (nSPS) is 11.3. The zero-order valence-electron chi connectivity index (χ0n) is 16.8. The van der Waals surface area contributed by atoms with Gasteiger partial charge in [0.15, 0.2) is 17.3 Å². The van der Waals surface area contributed by atoms with E-state index < -0.39 is 40.3 Å². The summed E-state index contributed by atoms with van der Waals surface area (Å²) in [4.78, 5) is 32.4. The standard InChI is InChI=1S/C18H10Cl2F3N9O3/c19-10-5-8(6-25-15(10)32-26-3-4-27-32)29-16(33)9-7-28-31(13(9)18(21,22)23)11-1-2-24-14(12(11)20)30-17(34)35/h1-7H,(H,24,30)(H,29,33)(H,34,35). The van der Waals surface area contributed by atoms with Crippen LogP contribution in [0.3, 0.4) is 0 Å². The second kappa shape index (κ2) is 9.19. The predicted molar refractivity (Wildman–Crippen MR) is 115 cm³/mol. The van der Waals surface area contributed by atoms with E-state index in [9.17, 15) is 22.8 Å². The van der Waals surface area contributed by atoms with Gasteiger partial charge in [0.2, 0.25) is 0 Å². The van der Waals surface area contributed by atoms with Gasteiger partial charge in [-0.1, -0.05) is 23.2 Å². The zero-order chi connectivity index (χ0) is 25.3. The maximum atomic E-state index is 14.0. The molecule has 12 nitrogen and oxygen atoms in total. The van der Waals surface area contributed by atoms with Crippen LogP contribution in [0.1, 0.15) is 16.1 Å². The lowest BCUT2D eigenvalue weighted by atomic mass is 10.2. The molecule has 0 aliphatic rings. The topological polar surface area (TPSA) is 153 Å². The number of nitrogens with one attached hydrogen (secondary N) is 2. The van der Waals surface area contributed by atoms with Crippen LogP contribution < -0.4 is 10.6 Å². The van der Waals surface area contributed by atoms with Crippen molar-refractivity contribution in [3.63, 3.8) is 0 Å². The van der Waals surface area contributed by atoms with Gasteiger partial charge in [-0.25, -0.2) is 19.4 Å². The number of nitrogens with zero attached hydrogens (tertiary/aromatic N) is 7. The lowest BCUT2D eigenvalue weighted by Gasteiger charge is -2.15. The molecule has 4 aromatic rings. The quantitative estimate of drug-likeness (QED) is 0.353. The monoisotopic (exact) mass is 527 g/mol. The fraction of sp³-hybridized carbons (Fsp3) is 0.0556. The molecule has 0 spiro atoms. The summed E-state index contributed by atoms with van der Waals surface area (Å²) in [5.74, 6) is -1.45. The molecule has 35 heavy (non-hydrogen) atoms. The Balaban J connectivity index is 1.70. The highest BCUT2D eigenvalue weighted by Crippen LogP contribution is 2.36. The number of hydrogen-bond acceptors (Lipinski definition) is 7. The molecule has 0 aromatic carbocycles. The van der Waals surface area contributed by atoms with Gasteiger partial charge in [0.1, 0.15) is 5.02 Å². The summed E-state index contributed by atoms with van der Waals surface area (Å²) < 4.78 is 42.3. The van der Waals surface area contributed by atoms with Gasteiger partial charge in [0.05, 0.1) is 46.7 Å². The molecule has 4 rings (SSSR count). The molecule has 0 aliphatic carbocycles. The summed E-state index contributed by atoms with van der Waals surface area (Å²) in [6.45, 7) is 0. The zero-order valence-corrected chi connectivity index (χ0v) is 18.3. The molecule has 0 fully saturated rings. The van der Waals surface area contributed by atoms with Gasteiger partial charge in [-0.15, -0.1) is 4.80 Å². The van der Waals surface area contributed by atoms with E-state index in [-0.39, 0.29) is 22.2 Å². The van der Waals surface area contributed by atoms with E-state index in [0.29, 0.717) is 10.9 Å². The maximum absolute atomic E-state index is 14.0. The average Bonchev–Trinajstić information content (AvgIpc) is 3.45. The smallest absolute Gasteiger partial charge is 0.434 e. The number of pyridine rings is 2. The Labute approximate surface area is 202 Å². The van der Waals surface area contributed by atoms with E-state index in [4.69, 9.17) is 28.3 Å². The molecule has 0 aliphatic heterocycles. The molecule has 4 aromatic heterocycles. The van der Waals surface area contributed by atoms with E-state index in [1.807, 2.05) is 5.32 Å². The Morgan fingerprint density at radius 3 is 2.34 bits per heavy atom. The first-order valence-corrected chi connectivity index (χ1v) is 9.95. The Morgan fingerprint density at radius 1 is 1.00 bits per heavy atom. The first-order chi connectivity index (χ1) is 16.6. The minimum atomic E-state index is -5.05. The van der Waals surface area contributed by atoms with Crippen molar-refractivity contribution in [2.45, 2.75) is 6.18 Å². The minimum absolute atomic E-state index is 0.00771. The second-order valence-electron chi connectivity index (χ2n) is 6.54. The average molecular weight is 528 g/mol. The number of rotatable bonds is 5. The van der Waals surface area contributed by atoms with Crippen molar-refractivity contribution >= 4 is 46.7 Å². The van der Waals surface area contributed by atoms with Crippen LogP contribution in [0.25, 0.3) is 11.5 Å². The van der Waals surface area contributed by atoms with Crippen molar-refractivity contribution in [2.75, 3.05) is 10.6 Å². The lowest BCUT2D eigenvalue weighted by Crippen LogP contribution is -2.21. The van der Waals surface area contributed by atoms with Crippen LogP contribution in [-0.2, 0) is 6.18 Å². The summed E-state index contributed by atoms with van der Waals surface area (Å²) in [6.07, 6.45) is -0.936. The number of aromatic nitrogens is 7. The molecule has 0 atom stereocenters. The van der Waals surface area contributed by atoms with Gasteiger partial charge in [-0.2, -0.15) is 28.5 Å². The number of carbonyl (C=O) groups is 2. The fourth-order valence-electron chi connectivity index (χ4n) is 2.93. The molecule has 0 bridgehead atoms. The third-order valence-corrected chi connectivity index (χ3v) is 4.94. The van der Waals surface area contributed by atoms with Gasteiger partial charge >= 0.3 is 12.3 Å². The third kappa shape index (κ3) is 4.85. The van der Waals surface area contributed by atoms with Crippen molar-refractivity contribution in [1.82, 2.24) is 34.7 Å². The van der Waals surface area contributed by atoms with Crippen molar-refractivity contribution in [3.05, 3.63) is 64.4 Å². The molecule has 4 heterocycles. The molecular weight excluding hydrogens is 518 g/mol. The number of hydrogen-bond donors (Lipinski definition) is 3. The first kappa shape index (κ1) is 23.9. The van der Waals surface area contributed by atoms with Crippen LogP contribution in [0.15, 0.2) is 43.1 Å². The van der Waals surface area contributed by atoms with Gasteiger partial charge in [-0.05, 0) is 12.1 Å². The Hall–Kier alpha value is -4.24. The summed E-state index contributed by atoms with van der Waals surface area (Å²) in [7, 11) is 0. The lowest BCUT2D eigenvalue weighted by molar-refractivity contribution is -0.143. The van der Waals surface area contributed by atoms with E-state index in [0.717, 1.165) is 23.3 Å². The second-order valence-corrected chi connectivity index (χ2v) is 7.33. The summed E-state index contributed by atoms with van der Waals surface area (Å²) in [5, 5.41) is 23.9. The van der Waals surface area contributed by atoms with E-state index in [2.05, 4.69) is 30.6 Å². The largest absolute Gasteiger partial charge is 0.465 e. The Morgan fingerprint density at radius 2 is 1.71 bits per heavy atom. The number of carboxylic acid groups (broad SMARTS) is 1. The molecule has 2 amide bonds. The van der Waals surface area contributed by atoms with Gasteiger partial charge in [-0.3, -0.25) is 10.1 Å². The summed E-state index contributed by atoms with van der Waals surface area (Å²) in [6, 6.07) is 2.33. The van der Waals surface area contributed by atoms with Crippen LogP contribution in [-0.4, -0.2) is 51.8 Å². The van der Waals surface area contributed by atoms with Crippen LogP contribution >= 0.6 is 23.2 Å². The molecule has 3 N–H and O–H groups in total. The number of alkyl halides is 3. The Kier molecular flexibility index (Phi) is 6.27. The highest BCUT2D eigenvalue weighted by atomic mass is 35.5. The summed E-state index contributed by atoms with van der Waals surface area (Å²) >= 11 is 12.2. The predicted octanol–water partition coefficient (Wildman–Crippen LogP) is 3.91. The third-order valence-electron chi connectivity index (χ3n) is 4.29. The molecule has 0 radical (unpaired) electrons. The van der Waals surface area contributed by atoms with Gasteiger partial charge < -0.3 is 10.4 Å². The number of carbonyl (C=O) groups excluding carboxylic acids is 1. The molecule has 0 saturated carbocycles. The van der Waals surface area contributed by atoms with Crippen LogP contribution in [0.2, 0.25) is 10.0 Å². The SMILES string of the molecule is O=C(O)Nc1nccc(-n2ncc(C(=O)Nc3cnc(-n4nccn4)c(Cl)c3)c2C(F)(F)F)c1Cl. The highest BCUT2D eigenvalue weighted by molar-refractivity contribution is 6.35. The molecular formula is C18H10Cl2F3N9O3. The first-order valence-electron chi connectivity index (χ1n) is 9.20. The minimum Gasteiger partial charge on any atom is -0.465 e. The molecule has 0 unspecified atom stereocenters. The van der Waals surface area contributed by atoms with E-state index in [1.54, 1.807) is 0 Å². The van der Waals surface area contributed by atoms with E-state index in [1.165, 1.54) is 18.5 Å². The van der Waals surface area contributed by atoms with Crippen LogP contribution in [0.5, 0.6) is 0 Å². The van der Waals surface area contributed by atoms with E-state index >= 15 is 0 Å². The van der Waals surface area contributed by atoms with Gasteiger partial charge in [0.25, 0.3) is 5.91 Å². The van der Waals surface area contributed by atoms with Crippen LogP contribution in [0.4, 0.5) is 29.5 Å². The van der Waals surface area contributed by atoms with Crippen molar-refractivity contribution in [3.8, 4) is 11.5 Å². The molecule has 0 saturated heterocycles. The maximum Gasteiger partial charge on any atom is 0.434 e. The van der Waals surface area contributed by atoms with Gasteiger partial charge in [0, 0.05) is 6.20 Å². The summed E-state index contributed by atoms with van der Waals surface area (Å²) in [5.41, 5.74) is -2.67. The van der Waals surface area contributed by atoms with Crippen LogP contribution in [0, 0.1) is 0 Å². The number of halogens is 5. The van der Waals surface area contributed by atoms with Crippen molar-refractivity contribution in [2.24, 2.45) is 0 Å². The molecule has 17 heteroatoms. The Bertz CT molecular complexity index is 1420. The number of amides is 2. The fourth-order valence-corrected chi connectivity index (χ4v) is 3.41. The number of anilines is 2. The van der Waals surface area contributed by atoms with Crippen molar-refractivity contribution < 1.29 is 27.9 Å². The molecule has 180 valence electrons.